The number of unbranched alkanes of at least 4 members (excludes halogenated alkanes) is 4. The van der Waals surface area contributed by atoms with E-state index in [0.29, 0.717) is 32.7 Å². The van der Waals surface area contributed by atoms with Gasteiger partial charge in [0.15, 0.2) is 0 Å². The molecule has 1 spiro atoms. The van der Waals surface area contributed by atoms with Gasteiger partial charge >= 0.3 is 5.97 Å². The largest absolute Gasteiger partial charge is 0.465 e. The quantitative estimate of drug-likeness (QED) is 0.272. The predicted molar refractivity (Wildman–Crippen MR) is 139 cm³/mol. The molecule has 5 atom stereocenters. The van der Waals surface area contributed by atoms with Crippen LogP contribution in [0.4, 0.5) is 0 Å². The lowest BCUT2D eigenvalue weighted by Gasteiger charge is -2.38. The molecule has 0 radical (unpaired) electrons. The predicted octanol–water partition coefficient (Wildman–Crippen LogP) is 3.38. The van der Waals surface area contributed by atoms with E-state index in [1.807, 2.05) is 30.1 Å². The molecule has 4 aliphatic heterocycles. The Morgan fingerprint density at radius 3 is 2.51 bits per heavy atom. The van der Waals surface area contributed by atoms with Crippen LogP contribution >= 0.6 is 0 Å². The van der Waals surface area contributed by atoms with Gasteiger partial charge in [0.1, 0.15) is 23.2 Å². The minimum absolute atomic E-state index is 0.100. The van der Waals surface area contributed by atoms with Gasteiger partial charge in [-0.25, -0.2) is 0 Å². The fourth-order valence-corrected chi connectivity index (χ4v) is 6.62. The van der Waals surface area contributed by atoms with Crippen molar-refractivity contribution in [2.24, 2.45) is 11.8 Å². The number of carbonyl (C=O) groups is 3. The summed E-state index contributed by atoms with van der Waals surface area (Å²) >= 11 is 0. The van der Waals surface area contributed by atoms with Crippen molar-refractivity contribution < 1.29 is 29.0 Å². The molecule has 206 valence electrons. The van der Waals surface area contributed by atoms with Crippen molar-refractivity contribution in [1.82, 2.24) is 9.80 Å². The van der Waals surface area contributed by atoms with Gasteiger partial charge in [0.05, 0.1) is 12.5 Å². The number of rotatable bonds is 10. The van der Waals surface area contributed by atoms with E-state index in [1.165, 1.54) is 0 Å². The molecule has 37 heavy (non-hydrogen) atoms. The van der Waals surface area contributed by atoms with Crippen LogP contribution in [0.25, 0.3) is 0 Å². The number of hydrogen-bond donors (Lipinski definition) is 1. The Morgan fingerprint density at radius 2 is 1.76 bits per heavy atom. The Bertz CT molecular complexity index is 903. The number of likely N-dealkylation sites (tertiary alicyclic amines) is 1. The van der Waals surface area contributed by atoms with Gasteiger partial charge in [0, 0.05) is 26.2 Å². The summed E-state index contributed by atoms with van der Waals surface area (Å²) < 4.78 is 12.7. The Kier molecular flexibility index (Phi) is 9.11. The normalized spacial score (nSPS) is 34.6. The van der Waals surface area contributed by atoms with Crippen LogP contribution in [0.3, 0.4) is 0 Å². The highest BCUT2D eigenvalue weighted by atomic mass is 16.6. The van der Waals surface area contributed by atoms with Crippen molar-refractivity contribution >= 4 is 17.8 Å². The first kappa shape index (κ1) is 27.8. The number of carbonyl (C=O) groups excluding carboxylic acids is 3. The van der Waals surface area contributed by atoms with Crippen LogP contribution in [-0.2, 0) is 23.9 Å². The molecule has 4 aliphatic rings. The van der Waals surface area contributed by atoms with Crippen molar-refractivity contribution in [2.45, 2.75) is 95.3 Å². The molecule has 1 unspecified atom stereocenters. The average molecular weight is 517 g/mol. The Hall–Kier alpha value is -2.19. The maximum atomic E-state index is 14.2. The number of aliphatic hydroxyl groups excluding tert-OH is 1. The Labute approximate surface area is 221 Å². The molecule has 0 aromatic heterocycles. The van der Waals surface area contributed by atoms with Crippen molar-refractivity contribution in [3.8, 4) is 0 Å². The lowest BCUT2D eigenvalue weighted by Crippen LogP contribution is -2.56. The average Bonchev–Trinajstić information content (AvgIpc) is 3.25. The van der Waals surface area contributed by atoms with Gasteiger partial charge in [0.25, 0.3) is 0 Å². The van der Waals surface area contributed by atoms with Gasteiger partial charge < -0.3 is 24.4 Å². The van der Waals surface area contributed by atoms with E-state index < -0.39 is 35.0 Å². The van der Waals surface area contributed by atoms with Crippen molar-refractivity contribution in [3.63, 3.8) is 0 Å². The summed E-state index contributed by atoms with van der Waals surface area (Å²) in [7, 11) is 0. The van der Waals surface area contributed by atoms with E-state index in [2.05, 4.69) is 13.0 Å². The van der Waals surface area contributed by atoms with Crippen LogP contribution in [0.2, 0.25) is 0 Å². The monoisotopic (exact) mass is 516 g/mol. The van der Waals surface area contributed by atoms with Crippen molar-refractivity contribution in [1.29, 1.82) is 0 Å². The van der Waals surface area contributed by atoms with Crippen LogP contribution in [-0.4, -0.2) is 82.8 Å². The van der Waals surface area contributed by atoms with Gasteiger partial charge in [-0.05, 0) is 44.9 Å². The molecule has 4 rings (SSSR count). The molecular weight excluding hydrogens is 472 g/mol. The maximum Gasteiger partial charge on any atom is 0.313 e. The highest BCUT2D eigenvalue weighted by Gasteiger charge is 2.75. The molecule has 0 aromatic carbocycles. The summed E-state index contributed by atoms with van der Waals surface area (Å²) in [5.74, 6) is -2.30. The molecule has 0 aromatic rings. The Morgan fingerprint density at radius 1 is 0.946 bits per heavy atom. The number of esters is 1. The highest BCUT2D eigenvalue weighted by Crippen LogP contribution is 2.58. The van der Waals surface area contributed by atoms with Crippen LogP contribution in [0, 0.1) is 11.8 Å². The van der Waals surface area contributed by atoms with Crippen molar-refractivity contribution in [2.75, 3.05) is 32.8 Å². The van der Waals surface area contributed by atoms with E-state index in [-0.39, 0.29) is 18.4 Å². The summed E-state index contributed by atoms with van der Waals surface area (Å²) in [6.45, 7) is 6.06. The van der Waals surface area contributed by atoms with Crippen LogP contribution in [0.5, 0.6) is 0 Å². The zero-order valence-electron chi connectivity index (χ0n) is 22.5. The number of allylic oxidation sites excluding steroid dienone is 1. The van der Waals surface area contributed by atoms with Gasteiger partial charge in [0.2, 0.25) is 11.8 Å². The molecular formula is C29H44N2O6. The number of hydrogen-bond acceptors (Lipinski definition) is 6. The summed E-state index contributed by atoms with van der Waals surface area (Å²) in [6, 6.07) is -0.805. The SMILES string of the molecule is CCCCN1CC=C[C@]23O[C@@]4(CC)/C=C\CCCCOC(=O)[C@H]4[C@H]2C(=O)N(CCCCCCO)C3C1=O. The highest BCUT2D eigenvalue weighted by molar-refractivity contribution is 5.99. The van der Waals surface area contributed by atoms with E-state index in [1.54, 1.807) is 4.90 Å². The summed E-state index contributed by atoms with van der Waals surface area (Å²) in [4.78, 5) is 45.5. The second-order valence-electron chi connectivity index (χ2n) is 10.9. The molecule has 0 saturated carbocycles. The van der Waals surface area contributed by atoms with Crippen LogP contribution in [0.15, 0.2) is 24.3 Å². The first-order chi connectivity index (χ1) is 18.0. The van der Waals surface area contributed by atoms with Crippen LogP contribution in [0.1, 0.15) is 78.1 Å². The molecule has 1 N–H and O–H groups in total. The minimum Gasteiger partial charge on any atom is -0.465 e. The molecule has 2 saturated heterocycles. The van der Waals surface area contributed by atoms with Gasteiger partial charge in [-0.15, -0.1) is 0 Å². The third-order valence-electron chi connectivity index (χ3n) is 8.56. The van der Waals surface area contributed by atoms with E-state index in [4.69, 9.17) is 14.6 Å². The molecule has 2 fully saturated rings. The standard InChI is InChI=1S/C29H44N2O6/c1-3-5-17-30-18-14-16-29-22(25(33)31(24(29)26(30)34)19-11-7-8-12-20-32)23-27(35)36-21-13-9-6-10-15-28(23,4-2)37-29/h10,14-16,22-24,32H,3-9,11-13,17-21H2,1-2H3/b15-10-/t22-,23+,24?,28-,29-/m0/s1. The number of aliphatic hydroxyl groups is 1. The van der Waals surface area contributed by atoms with E-state index in [0.717, 1.165) is 57.8 Å². The molecule has 2 amide bonds. The number of nitrogens with zero attached hydrogens (tertiary/aromatic N) is 2. The zero-order chi connectivity index (χ0) is 26.5. The molecule has 4 heterocycles. The third kappa shape index (κ3) is 5.11. The van der Waals surface area contributed by atoms with E-state index >= 15 is 0 Å². The molecule has 8 heteroatoms. The summed E-state index contributed by atoms with van der Waals surface area (Å²) in [6.07, 6.45) is 16.0. The molecule has 0 aliphatic carbocycles. The first-order valence-electron chi connectivity index (χ1n) is 14.4. The number of ether oxygens (including phenoxy) is 2. The summed E-state index contributed by atoms with van der Waals surface area (Å²) in [5.41, 5.74) is -2.21. The number of amides is 2. The summed E-state index contributed by atoms with van der Waals surface area (Å²) in [5, 5.41) is 9.12. The zero-order valence-corrected chi connectivity index (χ0v) is 22.5. The van der Waals surface area contributed by atoms with Gasteiger partial charge in [-0.1, -0.05) is 57.4 Å². The lowest BCUT2D eigenvalue weighted by atomic mass is 9.73. The fourth-order valence-electron chi connectivity index (χ4n) is 6.62. The fraction of sp³-hybridized carbons (Fsp3) is 0.759. The third-order valence-corrected chi connectivity index (χ3v) is 8.56. The maximum absolute atomic E-state index is 14.2. The van der Waals surface area contributed by atoms with E-state index in [9.17, 15) is 14.4 Å². The Balaban J connectivity index is 1.76. The minimum atomic E-state index is -1.21. The second kappa shape index (κ2) is 12.1. The van der Waals surface area contributed by atoms with Crippen LogP contribution < -0.4 is 0 Å². The molecule has 8 nitrogen and oxygen atoms in total. The second-order valence-corrected chi connectivity index (χ2v) is 10.9. The number of cyclic esters (lactones) is 1. The van der Waals surface area contributed by atoms with Crippen molar-refractivity contribution in [3.05, 3.63) is 24.3 Å². The van der Waals surface area contributed by atoms with Gasteiger partial charge in [-0.2, -0.15) is 0 Å². The topological polar surface area (TPSA) is 96.4 Å². The van der Waals surface area contributed by atoms with Gasteiger partial charge in [-0.3, -0.25) is 14.4 Å². The first-order valence-corrected chi connectivity index (χ1v) is 14.4. The molecule has 0 bridgehead atoms. The smallest absolute Gasteiger partial charge is 0.313 e. The number of fused-ring (bicyclic) bond motifs is 2. The lowest BCUT2D eigenvalue weighted by molar-refractivity contribution is -0.161.